The van der Waals surface area contributed by atoms with Gasteiger partial charge in [0.05, 0.1) is 0 Å². The SMILES string of the molecule is CC(CCN)CCCN(C)Cc1ccc(Br)cc1. The zero-order chi connectivity index (χ0) is 13.4. The Morgan fingerprint density at radius 3 is 2.50 bits per heavy atom. The molecule has 0 aliphatic rings. The Balaban J connectivity index is 2.21. The second-order valence-corrected chi connectivity index (χ2v) is 6.10. The third-order valence-corrected chi connectivity index (χ3v) is 3.79. The Morgan fingerprint density at radius 2 is 1.89 bits per heavy atom. The van der Waals surface area contributed by atoms with Crippen LogP contribution in [0.1, 0.15) is 31.7 Å². The van der Waals surface area contributed by atoms with Crippen molar-refractivity contribution < 1.29 is 0 Å². The van der Waals surface area contributed by atoms with E-state index in [1.165, 1.54) is 18.4 Å². The minimum Gasteiger partial charge on any atom is -0.330 e. The number of nitrogens with zero attached hydrogens (tertiary/aromatic N) is 1. The highest BCUT2D eigenvalue weighted by atomic mass is 79.9. The monoisotopic (exact) mass is 312 g/mol. The molecule has 18 heavy (non-hydrogen) atoms. The maximum Gasteiger partial charge on any atom is 0.0230 e. The van der Waals surface area contributed by atoms with Crippen molar-refractivity contribution in [2.24, 2.45) is 11.7 Å². The van der Waals surface area contributed by atoms with Crippen molar-refractivity contribution in [1.82, 2.24) is 4.90 Å². The Morgan fingerprint density at radius 1 is 1.22 bits per heavy atom. The first-order chi connectivity index (χ1) is 8.61. The number of hydrogen-bond donors (Lipinski definition) is 1. The van der Waals surface area contributed by atoms with Crippen molar-refractivity contribution in [1.29, 1.82) is 0 Å². The van der Waals surface area contributed by atoms with Gasteiger partial charge in [-0.25, -0.2) is 0 Å². The molecule has 1 rings (SSSR count). The summed E-state index contributed by atoms with van der Waals surface area (Å²) in [5, 5.41) is 0. The largest absolute Gasteiger partial charge is 0.330 e. The van der Waals surface area contributed by atoms with Crippen LogP contribution >= 0.6 is 15.9 Å². The summed E-state index contributed by atoms with van der Waals surface area (Å²) in [7, 11) is 2.19. The molecular formula is C15H25BrN2. The highest BCUT2D eigenvalue weighted by Gasteiger charge is 2.03. The third-order valence-electron chi connectivity index (χ3n) is 3.26. The molecule has 0 bridgehead atoms. The minimum atomic E-state index is 0.760. The Kier molecular flexibility index (Phi) is 7.56. The van der Waals surface area contributed by atoms with Gasteiger partial charge in [0.15, 0.2) is 0 Å². The predicted molar refractivity (Wildman–Crippen MR) is 82.5 cm³/mol. The maximum atomic E-state index is 5.56. The fourth-order valence-electron chi connectivity index (χ4n) is 2.12. The van der Waals surface area contributed by atoms with Crippen molar-refractivity contribution in [3.05, 3.63) is 34.3 Å². The second-order valence-electron chi connectivity index (χ2n) is 5.19. The van der Waals surface area contributed by atoms with Crippen molar-refractivity contribution in [3.63, 3.8) is 0 Å². The zero-order valence-corrected chi connectivity index (χ0v) is 13.1. The normalized spacial score (nSPS) is 12.9. The van der Waals surface area contributed by atoms with Crippen molar-refractivity contribution in [2.75, 3.05) is 20.1 Å². The van der Waals surface area contributed by atoms with Crippen LogP contribution in [0.15, 0.2) is 28.7 Å². The minimum absolute atomic E-state index is 0.760. The molecule has 0 aliphatic heterocycles. The van der Waals surface area contributed by atoms with E-state index in [4.69, 9.17) is 5.73 Å². The summed E-state index contributed by atoms with van der Waals surface area (Å²) in [5.74, 6) is 0.760. The lowest BCUT2D eigenvalue weighted by molar-refractivity contribution is 0.306. The lowest BCUT2D eigenvalue weighted by Crippen LogP contribution is -2.19. The first kappa shape index (κ1) is 15.7. The standard InChI is InChI=1S/C15H25BrN2/c1-13(9-10-17)4-3-11-18(2)12-14-5-7-15(16)8-6-14/h5-8,13H,3-4,9-12,17H2,1-2H3. The van der Waals surface area contributed by atoms with Gasteiger partial charge in [0, 0.05) is 11.0 Å². The van der Waals surface area contributed by atoms with Crippen LogP contribution in [0.5, 0.6) is 0 Å². The lowest BCUT2D eigenvalue weighted by Gasteiger charge is -2.18. The summed E-state index contributed by atoms with van der Waals surface area (Å²) in [6.07, 6.45) is 3.69. The molecule has 1 aromatic rings. The fourth-order valence-corrected chi connectivity index (χ4v) is 2.38. The van der Waals surface area contributed by atoms with Gasteiger partial charge in [-0.2, -0.15) is 0 Å². The van der Waals surface area contributed by atoms with E-state index >= 15 is 0 Å². The van der Waals surface area contributed by atoms with Gasteiger partial charge in [-0.1, -0.05) is 35.0 Å². The molecule has 102 valence electrons. The van der Waals surface area contributed by atoms with Gasteiger partial charge in [-0.15, -0.1) is 0 Å². The molecular weight excluding hydrogens is 288 g/mol. The topological polar surface area (TPSA) is 29.3 Å². The molecule has 0 saturated heterocycles. The van der Waals surface area contributed by atoms with Crippen LogP contribution < -0.4 is 5.73 Å². The van der Waals surface area contributed by atoms with E-state index in [1.807, 2.05) is 0 Å². The molecule has 1 atom stereocenters. The zero-order valence-electron chi connectivity index (χ0n) is 11.5. The lowest BCUT2D eigenvalue weighted by atomic mass is 10.0. The van der Waals surface area contributed by atoms with Crippen LogP contribution in [0, 0.1) is 5.92 Å². The Labute approximate surface area is 120 Å². The van der Waals surface area contributed by atoms with E-state index in [0.29, 0.717) is 0 Å². The quantitative estimate of drug-likeness (QED) is 0.794. The van der Waals surface area contributed by atoms with Crippen molar-refractivity contribution in [2.45, 2.75) is 32.7 Å². The van der Waals surface area contributed by atoms with E-state index in [1.54, 1.807) is 0 Å². The van der Waals surface area contributed by atoms with Gasteiger partial charge in [0.2, 0.25) is 0 Å². The molecule has 0 aliphatic carbocycles. The van der Waals surface area contributed by atoms with E-state index in [9.17, 15) is 0 Å². The molecule has 0 heterocycles. The van der Waals surface area contributed by atoms with E-state index in [2.05, 4.69) is 59.1 Å². The van der Waals surface area contributed by atoms with Gasteiger partial charge in [0.25, 0.3) is 0 Å². The molecule has 0 aromatic heterocycles. The number of nitrogens with two attached hydrogens (primary N) is 1. The first-order valence-electron chi connectivity index (χ1n) is 6.75. The van der Waals surface area contributed by atoms with Crippen molar-refractivity contribution >= 4 is 15.9 Å². The first-order valence-corrected chi connectivity index (χ1v) is 7.54. The summed E-state index contributed by atoms with van der Waals surface area (Å²) in [6.45, 7) is 5.29. The van der Waals surface area contributed by atoms with Crippen LogP contribution in [0.3, 0.4) is 0 Å². The number of rotatable bonds is 8. The number of hydrogen-bond acceptors (Lipinski definition) is 2. The summed E-state index contributed by atoms with van der Waals surface area (Å²) in [6, 6.07) is 8.56. The molecule has 0 amide bonds. The summed E-state index contributed by atoms with van der Waals surface area (Å²) in [4.78, 5) is 2.39. The summed E-state index contributed by atoms with van der Waals surface area (Å²) in [5.41, 5.74) is 6.93. The highest BCUT2D eigenvalue weighted by molar-refractivity contribution is 9.10. The Bertz CT molecular complexity index is 324. The van der Waals surface area contributed by atoms with Gasteiger partial charge < -0.3 is 10.6 Å². The van der Waals surface area contributed by atoms with Gasteiger partial charge in [-0.05, 0) is 63.0 Å². The Hall–Kier alpha value is -0.380. The highest BCUT2D eigenvalue weighted by Crippen LogP contribution is 2.13. The van der Waals surface area contributed by atoms with Crippen LogP contribution in [-0.4, -0.2) is 25.0 Å². The van der Waals surface area contributed by atoms with Crippen LogP contribution in [0.4, 0.5) is 0 Å². The fraction of sp³-hybridized carbons (Fsp3) is 0.600. The molecule has 3 heteroatoms. The van der Waals surface area contributed by atoms with E-state index < -0.39 is 0 Å². The molecule has 2 nitrogen and oxygen atoms in total. The number of benzene rings is 1. The molecule has 0 fully saturated rings. The molecule has 1 unspecified atom stereocenters. The molecule has 0 saturated carbocycles. The number of halogens is 1. The van der Waals surface area contributed by atoms with E-state index in [-0.39, 0.29) is 0 Å². The van der Waals surface area contributed by atoms with Crippen LogP contribution in [0.2, 0.25) is 0 Å². The molecule has 1 aromatic carbocycles. The predicted octanol–water partition coefficient (Wildman–Crippen LogP) is 3.65. The van der Waals surface area contributed by atoms with Gasteiger partial charge in [0.1, 0.15) is 0 Å². The second kappa shape index (κ2) is 8.68. The molecule has 2 N–H and O–H groups in total. The average Bonchev–Trinajstić information content (AvgIpc) is 2.32. The van der Waals surface area contributed by atoms with Gasteiger partial charge in [-0.3, -0.25) is 0 Å². The van der Waals surface area contributed by atoms with Crippen LogP contribution in [0.25, 0.3) is 0 Å². The maximum absolute atomic E-state index is 5.56. The van der Waals surface area contributed by atoms with Crippen molar-refractivity contribution in [3.8, 4) is 0 Å². The third kappa shape index (κ3) is 6.53. The average molecular weight is 313 g/mol. The molecule has 0 spiro atoms. The summed E-state index contributed by atoms with van der Waals surface area (Å²) < 4.78 is 1.14. The van der Waals surface area contributed by atoms with Crippen LogP contribution in [-0.2, 0) is 6.54 Å². The summed E-state index contributed by atoms with van der Waals surface area (Å²) >= 11 is 3.46. The van der Waals surface area contributed by atoms with Gasteiger partial charge >= 0.3 is 0 Å². The smallest absolute Gasteiger partial charge is 0.0230 e. The molecule has 0 radical (unpaired) electrons. The van der Waals surface area contributed by atoms with E-state index in [0.717, 1.165) is 36.4 Å².